The van der Waals surface area contributed by atoms with E-state index in [1.165, 1.54) is 29.0 Å². The fourth-order valence-electron chi connectivity index (χ4n) is 3.45. The van der Waals surface area contributed by atoms with Crippen LogP contribution in [0, 0.1) is 0 Å². The molecule has 0 saturated carbocycles. The lowest BCUT2D eigenvalue weighted by Crippen LogP contribution is -2.35. The average molecular weight is 393 g/mol. The quantitative estimate of drug-likeness (QED) is 0.647. The average Bonchev–Trinajstić information content (AvgIpc) is 2.62. The molecule has 0 unspecified atom stereocenters. The largest absolute Gasteiger partial charge is 0.356 e. The minimum atomic E-state index is -3.46. The van der Waals surface area contributed by atoms with Crippen molar-refractivity contribution in [2.24, 2.45) is 0 Å². The fraction of sp³-hybridized carbons (Fsp3) is 0.571. The maximum Gasteiger partial charge on any atom is 0.232 e. The number of benzene rings is 1. The van der Waals surface area contributed by atoms with Crippen molar-refractivity contribution in [1.29, 1.82) is 0 Å². The van der Waals surface area contributed by atoms with E-state index < -0.39 is 10.0 Å². The van der Waals surface area contributed by atoms with E-state index >= 15 is 0 Å². The smallest absolute Gasteiger partial charge is 0.232 e. The Kier molecular flexibility index (Phi) is 7.90. The molecule has 1 aliphatic rings. The third-order valence-corrected chi connectivity index (χ3v) is 6.10. The highest BCUT2D eigenvalue weighted by Gasteiger charge is 2.22. The Bertz CT molecular complexity index is 769. The highest BCUT2D eigenvalue weighted by Crippen LogP contribution is 2.29. The van der Waals surface area contributed by atoms with Crippen molar-refractivity contribution >= 4 is 21.6 Å². The highest BCUT2D eigenvalue weighted by atomic mass is 32.2. The Labute approximate surface area is 163 Å². The van der Waals surface area contributed by atoms with Gasteiger partial charge in [-0.05, 0) is 49.7 Å². The zero-order valence-corrected chi connectivity index (χ0v) is 17.5. The summed E-state index contributed by atoms with van der Waals surface area (Å²) in [7, 11) is -3.46. The first-order valence-electron chi connectivity index (χ1n) is 9.80. The minimum Gasteiger partial charge on any atom is -0.356 e. The van der Waals surface area contributed by atoms with Crippen LogP contribution in [0.15, 0.2) is 35.9 Å². The van der Waals surface area contributed by atoms with Crippen molar-refractivity contribution in [2.75, 3.05) is 23.7 Å². The Morgan fingerprint density at radius 2 is 1.96 bits per heavy atom. The molecule has 0 radical (unpaired) electrons. The molecule has 0 fully saturated rings. The Hall–Kier alpha value is -1.82. The number of carbonyl (C=O) groups is 1. The molecule has 27 heavy (non-hydrogen) atoms. The monoisotopic (exact) mass is 392 g/mol. The number of hydrogen-bond acceptors (Lipinski definition) is 3. The number of carbonyl (C=O) groups excluding carboxylic acids is 1. The van der Waals surface area contributed by atoms with E-state index in [2.05, 4.69) is 11.4 Å². The van der Waals surface area contributed by atoms with Gasteiger partial charge in [-0.25, -0.2) is 8.42 Å². The summed E-state index contributed by atoms with van der Waals surface area (Å²) in [6.45, 7) is 4.83. The van der Waals surface area contributed by atoms with E-state index in [4.69, 9.17) is 0 Å². The summed E-state index contributed by atoms with van der Waals surface area (Å²) in [6, 6.07) is 7.49. The first-order chi connectivity index (χ1) is 12.8. The third kappa shape index (κ3) is 6.69. The van der Waals surface area contributed by atoms with Gasteiger partial charge in [-0.2, -0.15) is 0 Å². The first-order valence-corrected chi connectivity index (χ1v) is 11.6. The van der Waals surface area contributed by atoms with E-state index in [1.807, 2.05) is 38.1 Å². The standard InChI is InChI=1S/C21H32N2O3S/c1-17(2)19-11-7-8-12-20(19)23(27(3,25)26)16-14-21(24)22-15-13-18-9-5-4-6-10-18/h7-9,11-12,17H,4-6,10,13-16H2,1-3H3,(H,22,24). The number of anilines is 1. The van der Waals surface area contributed by atoms with Gasteiger partial charge in [0.25, 0.3) is 0 Å². The third-order valence-electron chi connectivity index (χ3n) is 4.92. The molecular formula is C21H32N2O3S. The molecule has 0 aliphatic heterocycles. The van der Waals surface area contributed by atoms with Crippen LogP contribution in [0.4, 0.5) is 5.69 Å². The second kappa shape index (κ2) is 9.93. The lowest BCUT2D eigenvalue weighted by atomic mass is 9.97. The Morgan fingerprint density at radius 3 is 2.59 bits per heavy atom. The number of hydrogen-bond donors (Lipinski definition) is 1. The predicted octanol–water partition coefficient (Wildman–Crippen LogP) is 3.97. The van der Waals surface area contributed by atoms with Crippen LogP contribution >= 0.6 is 0 Å². The van der Waals surface area contributed by atoms with E-state index in [1.54, 1.807) is 0 Å². The molecule has 0 saturated heterocycles. The van der Waals surface area contributed by atoms with Crippen LogP contribution in [0.2, 0.25) is 0 Å². The molecule has 0 aromatic heterocycles. The number of sulfonamides is 1. The lowest BCUT2D eigenvalue weighted by Gasteiger charge is -2.26. The summed E-state index contributed by atoms with van der Waals surface area (Å²) in [5.41, 5.74) is 3.05. The van der Waals surface area contributed by atoms with E-state index in [0.717, 1.165) is 24.8 Å². The Balaban J connectivity index is 1.95. The number of rotatable bonds is 9. The summed E-state index contributed by atoms with van der Waals surface area (Å²) in [5.74, 6) is 0.0881. The van der Waals surface area contributed by atoms with Crippen molar-refractivity contribution in [3.8, 4) is 0 Å². The number of amides is 1. The van der Waals surface area contributed by atoms with Crippen molar-refractivity contribution in [2.45, 2.75) is 58.3 Å². The van der Waals surface area contributed by atoms with Crippen molar-refractivity contribution in [3.05, 3.63) is 41.5 Å². The van der Waals surface area contributed by atoms with E-state index in [0.29, 0.717) is 12.2 Å². The molecule has 1 N–H and O–H groups in total. The van der Waals surface area contributed by atoms with Crippen LogP contribution < -0.4 is 9.62 Å². The van der Waals surface area contributed by atoms with Gasteiger partial charge in [-0.1, -0.05) is 43.7 Å². The van der Waals surface area contributed by atoms with Gasteiger partial charge in [0, 0.05) is 19.5 Å². The molecule has 150 valence electrons. The molecule has 0 atom stereocenters. The SMILES string of the molecule is CC(C)c1ccccc1N(CCC(=O)NCCC1=CCCCC1)S(C)(=O)=O. The molecule has 5 nitrogen and oxygen atoms in total. The van der Waals surface area contributed by atoms with E-state index in [-0.39, 0.29) is 24.8 Å². The summed E-state index contributed by atoms with van der Waals surface area (Å²) in [5, 5.41) is 2.92. The van der Waals surface area contributed by atoms with Gasteiger partial charge in [0.05, 0.1) is 11.9 Å². The van der Waals surface area contributed by atoms with Crippen LogP contribution in [0.3, 0.4) is 0 Å². The molecule has 0 spiro atoms. The fourth-order valence-corrected chi connectivity index (χ4v) is 4.40. The molecule has 6 heteroatoms. The van der Waals surface area contributed by atoms with Crippen LogP contribution in [0.5, 0.6) is 0 Å². The summed E-state index contributed by atoms with van der Waals surface area (Å²) >= 11 is 0. The zero-order valence-electron chi connectivity index (χ0n) is 16.7. The number of allylic oxidation sites excluding steroid dienone is 1. The number of para-hydroxylation sites is 1. The molecule has 0 bridgehead atoms. The van der Waals surface area contributed by atoms with Gasteiger partial charge in [0.2, 0.25) is 15.9 Å². The zero-order chi connectivity index (χ0) is 19.9. The Morgan fingerprint density at radius 1 is 1.22 bits per heavy atom. The van der Waals surface area contributed by atoms with Gasteiger partial charge in [-0.3, -0.25) is 9.10 Å². The first kappa shape index (κ1) is 21.5. The summed E-state index contributed by atoms with van der Waals surface area (Å²) in [6.07, 6.45) is 9.27. The van der Waals surface area contributed by atoms with Gasteiger partial charge in [-0.15, -0.1) is 0 Å². The van der Waals surface area contributed by atoms with Crippen molar-refractivity contribution < 1.29 is 13.2 Å². The number of nitrogens with one attached hydrogen (secondary N) is 1. The lowest BCUT2D eigenvalue weighted by molar-refractivity contribution is -0.120. The van der Waals surface area contributed by atoms with Gasteiger partial charge < -0.3 is 5.32 Å². The molecule has 1 aromatic rings. The van der Waals surface area contributed by atoms with Crippen LogP contribution in [-0.4, -0.2) is 33.7 Å². The second-order valence-electron chi connectivity index (χ2n) is 7.51. The molecule has 1 aliphatic carbocycles. The van der Waals surface area contributed by atoms with E-state index in [9.17, 15) is 13.2 Å². The van der Waals surface area contributed by atoms with Gasteiger partial charge in [0.1, 0.15) is 0 Å². The second-order valence-corrected chi connectivity index (χ2v) is 9.41. The molecular weight excluding hydrogens is 360 g/mol. The van der Waals surface area contributed by atoms with Gasteiger partial charge >= 0.3 is 0 Å². The van der Waals surface area contributed by atoms with Crippen molar-refractivity contribution in [1.82, 2.24) is 5.32 Å². The highest BCUT2D eigenvalue weighted by molar-refractivity contribution is 7.92. The molecule has 2 rings (SSSR count). The molecule has 0 heterocycles. The normalized spacial score (nSPS) is 14.7. The molecule has 1 aromatic carbocycles. The maximum atomic E-state index is 12.3. The maximum absolute atomic E-state index is 12.3. The van der Waals surface area contributed by atoms with Crippen LogP contribution in [0.1, 0.15) is 63.9 Å². The molecule has 1 amide bonds. The van der Waals surface area contributed by atoms with Crippen LogP contribution in [0.25, 0.3) is 0 Å². The van der Waals surface area contributed by atoms with Crippen LogP contribution in [-0.2, 0) is 14.8 Å². The summed E-state index contributed by atoms with van der Waals surface area (Å²) in [4.78, 5) is 12.2. The topological polar surface area (TPSA) is 66.5 Å². The minimum absolute atomic E-state index is 0.109. The van der Waals surface area contributed by atoms with Gasteiger partial charge in [0.15, 0.2) is 0 Å². The number of nitrogens with zero attached hydrogens (tertiary/aromatic N) is 1. The summed E-state index contributed by atoms with van der Waals surface area (Å²) < 4.78 is 26.0. The predicted molar refractivity (Wildman–Crippen MR) is 112 cm³/mol. The van der Waals surface area contributed by atoms with Crippen molar-refractivity contribution in [3.63, 3.8) is 0 Å².